The molecular weight excluding hydrogens is 294 g/mol. The normalized spacial score (nSPS) is 22.1. The van der Waals surface area contributed by atoms with Crippen molar-refractivity contribution in [2.75, 3.05) is 11.9 Å². The molecule has 1 aliphatic heterocycles. The Kier molecular flexibility index (Phi) is 3.60. The number of nitrogens with zero attached hydrogens (tertiary/aromatic N) is 2. The molecule has 4 nitrogen and oxygen atoms in total. The Morgan fingerprint density at radius 3 is 3.00 bits per heavy atom. The van der Waals surface area contributed by atoms with E-state index >= 15 is 0 Å². The maximum atomic E-state index is 6.03. The number of hydrogen-bond donors (Lipinski definition) is 1. The third-order valence-electron chi connectivity index (χ3n) is 3.53. The van der Waals surface area contributed by atoms with Gasteiger partial charge in [0.25, 0.3) is 0 Å². The number of aromatic nitrogens is 2. The molecule has 20 heavy (non-hydrogen) atoms. The van der Waals surface area contributed by atoms with Crippen LogP contribution in [0.3, 0.4) is 0 Å². The summed E-state index contributed by atoms with van der Waals surface area (Å²) < 4.78 is 5.75. The van der Waals surface area contributed by atoms with E-state index in [0.29, 0.717) is 11.3 Å². The van der Waals surface area contributed by atoms with Gasteiger partial charge in [-0.3, -0.25) is 0 Å². The van der Waals surface area contributed by atoms with E-state index in [-0.39, 0.29) is 5.60 Å². The molecule has 0 saturated carbocycles. The van der Waals surface area contributed by atoms with Crippen molar-refractivity contribution in [2.45, 2.75) is 45.3 Å². The number of fused-ring (bicyclic) bond motifs is 1. The molecule has 0 aliphatic carbocycles. The van der Waals surface area contributed by atoms with Crippen LogP contribution in [-0.2, 0) is 4.74 Å². The fraction of sp³-hybridized carbons (Fsp3) is 0.571. The van der Waals surface area contributed by atoms with Gasteiger partial charge in [-0.05, 0) is 51.3 Å². The van der Waals surface area contributed by atoms with Crippen LogP contribution in [0.5, 0.6) is 0 Å². The van der Waals surface area contributed by atoms with Crippen molar-refractivity contribution < 1.29 is 4.74 Å². The third kappa shape index (κ3) is 2.90. The molecule has 2 aromatic heterocycles. The summed E-state index contributed by atoms with van der Waals surface area (Å²) in [7, 11) is 0. The summed E-state index contributed by atoms with van der Waals surface area (Å²) in [5.74, 6) is 0.840. The quantitative estimate of drug-likeness (QED) is 0.851. The van der Waals surface area contributed by atoms with Crippen molar-refractivity contribution >= 4 is 39.0 Å². The zero-order valence-corrected chi connectivity index (χ0v) is 13.4. The number of anilines is 1. The zero-order valence-electron chi connectivity index (χ0n) is 11.9. The van der Waals surface area contributed by atoms with Crippen molar-refractivity contribution in [2.24, 2.45) is 0 Å². The van der Waals surface area contributed by atoms with Crippen molar-refractivity contribution in [1.82, 2.24) is 9.97 Å². The number of aryl methyl sites for hydroxylation is 1. The second-order valence-electron chi connectivity index (χ2n) is 5.86. The van der Waals surface area contributed by atoms with E-state index < -0.39 is 0 Å². The first-order valence-electron chi connectivity index (χ1n) is 6.77. The van der Waals surface area contributed by atoms with E-state index in [1.54, 1.807) is 11.3 Å². The number of rotatable bonds is 2. The summed E-state index contributed by atoms with van der Waals surface area (Å²) in [5.41, 5.74) is -0.0869. The van der Waals surface area contributed by atoms with E-state index in [2.05, 4.69) is 42.1 Å². The number of thiophene rings is 1. The Morgan fingerprint density at radius 1 is 1.45 bits per heavy atom. The lowest BCUT2D eigenvalue weighted by atomic mass is 9.94. The fourth-order valence-electron chi connectivity index (χ4n) is 2.67. The Labute approximate surface area is 127 Å². The zero-order chi connectivity index (χ0) is 14.3. The predicted molar refractivity (Wildman–Crippen MR) is 83.8 cm³/mol. The molecule has 0 aromatic carbocycles. The van der Waals surface area contributed by atoms with Crippen molar-refractivity contribution in [3.63, 3.8) is 0 Å². The number of ether oxygens (including phenoxy) is 1. The van der Waals surface area contributed by atoms with Gasteiger partial charge >= 0.3 is 0 Å². The SMILES string of the molecule is Cc1cc2c(NC3CCOC(C)(C)C3)nc(Cl)nc2s1. The summed E-state index contributed by atoms with van der Waals surface area (Å²) >= 11 is 7.67. The summed E-state index contributed by atoms with van der Waals surface area (Å²) in [4.78, 5) is 10.8. The van der Waals surface area contributed by atoms with E-state index in [0.717, 1.165) is 35.5 Å². The van der Waals surface area contributed by atoms with E-state index in [1.165, 1.54) is 4.88 Å². The summed E-state index contributed by atoms with van der Waals surface area (Å²) in [6.45, 7) is 7.09. The topological polar surface area (TPSA) is 47.0 Å². The summed E-state index contributed by atoms with van der Waals surface area (Å²) in [5, 5.41) is 4.88. The maximum Gasteiger partial charge on any atom is 0.225 e. The number of hydrogen-bond acceptors (Lipinski definition) is 5. The molecule has 0 amide bonds. The number of nitrogens with one attached hydrogen (secondary N) is 1. The molecule has 1 unspecified atom stereocenters. The Hall–Kier alpha value is -0.910. The highest BCUT2D eigenvalue weighted by Crippen LogP contribution is 2.32. The summed E-state index contributed by atoms with van der Waals surface area (Å²) in [6, 6.07) is 2.47. The van der Waals surface area contributed by atoms with Gasteiger partial charge in [0.2, 0.25) is 5.28 Å². The lowest BCUT2D eigenvalue weighted by Crippen LogP contribution is -2.40. The molecule has 2 aromatic rings. The average Bonchev–Trinajstić information content (AvgIpc) is 2.68. The minimum Gasteiger partial charge on any atom is -0.375 e. The first kappa shape index (κ1) is 14.0. The molecule has 1 saturated heterocycles. The molecule has 0 spiro atoms. The molecule has 3 heterocycles. The minimum atomic E-state index is -0.0869. The van der Waals surface area contributed by atoms with Gasteiger partial charge in [-0.2, -0.15) is 0 Å². The minimum absolute atomic E-state index is 0.0869. The van der Waals surface area contributed by atoms with Crippen molar-refractivity contribution in [3.05, 3.63) is 16.2 Å². The van der Waals surface area contributed by atoms with Crippen LogP contribution in [0.4, 0.5) is 5.82 Å². The highest BCUT2D eigenvalue weighted by Gasteiger charge is 2.29. The van der Waals surface area contributed by atoms with Crippen LogP contribution >= 0.6 is 22.9 Å². The molecule has 0 bridgehead atoms. The van der Waals surface area contributed by atoms with Gasteiger partial charge in [-0.25, -0.2) is 9.97 Å². The fourth-order valence-corrected chi connectivity index (χ4v) is 3.77. The van der Waals surface area contributed by atoms with Crippen LogP contribution in [0.25, 0.3) is 10.2 Å². The second-order valence-corrected chi connectivity index (χ2v) is 7.43. The van der Waals surface area contributed by atoms with Gasteiger partial charge in [-0.15, -0.1) is 11.3 Å². The molecule has 1 N–H and O–H groups in total. The lowest BCUT2D eigenvalue weighted by Gasteiger charge is -2.36. The van der Waals surface area contributed by atoms with Crippen LogP contribution in [-0.4, -0.2) is 28.2 Å². The molecule has 1 aliphatic rings. The van der Waals surface area contributed by atoms with Crippen molar-refractivity contribution in [1.29, 1.82) is 0 Å². The molecule has 108 valence electrons. The molecule has 0 radical (unpaired) electrons. The summed E-state index contributed by atoms with van der Waals surface area (Å²) in [6.07, 6.45) is 1.94. The Morgan fingerprint density at radius 2 is 2.25 bits per heavy atom. The molecule has 6 heteroatoms. The first-order valence-corrected chi connectivity index (χ1v) is 7.96. The average molecular weight is 312 g/mol. The van der Waals surface area contributed by atoms with E-state index in [4.69, 9.17) is 16.3 Å². The van der Waals surface area contributed by atoms with Gasteiger partial charge in [0.05, 0.1) is 11.0 Å². The van der Waals surface area contributed by atoms with E-state index in [9.17, 15) is 0 Å². The predicted octanol–water partition coefficient (Wildman–Crippen LogP) is 4.02. The number of halogens is 1. The van der Waals surface area contributed by atoms with Gasteiger partial charge < -0.3 is 10.1 Å². The largest absolute Gasteiger partial charge is 0.375 e. The molecule has 1 fully saturated rings. The van der Waals surface area contributed by atoms with Crippen LogP contribution in [0.1, 0.15) is 31.6 Å². The Balaban J connectivity index is 1.90. The third-order valence-corrected chi connectivity index (χ3v) is 4.64. The van der Waals surface area contributed by atoms with Gasteiger partial charge in [0.1, 0.15) is 10.6 Å². The monoisotopic (exact) mass is 311 g/mol. The van der Waals surface area contributed by atoms with E-state index in [1.807, 2.05) is 0 Å². The highest BCUT2D eigenvalue weighted by molar-refractivity contribution is 7.18. The van der Waals surface area contributed by atoms with Crippen LogP contribution < -0.4 is 5.32 Å². The standard InChI is InChI=1S/C14H18ClN3OS/c1-8-6-10-11(17-13(15)18-12(10)20-8)16-9-4-5-19-14(2,3)7-9/h6,9H,4-5,7H2,1-3H3,(H,16,17,18). The molecular formula is C14H18ClN3OS. The first-order chi connectivity index (χ1) is 9.43. The smallest absolute Gasteiger partial charge is 0.225 e. The van der Waals surface area contributed by atoms with Crippen molar-refractivity contribution in [3.8, 4) is 0 Å². The lowest BCUT2D eigenvalue weighted by molar-refractivity contribution is -0.0553. The van der Waals surface area contributed by atoms with Crippen LogP contribution in [0, 0.1) is 6.92 Å². The van der Waals surface area contributed by atoms with Crippen LogP contribution in [0.2, 0.25) is 5.28 Å². The maximum absolute atomic E-state index is 6.03. The highest BCUT2D eigenvalue weighted by atomic mass is 35.5. The van der Waals surface area contributed by atoms with Gasteiger partial charge in [-0.1, -0.05) is 0 Å². The molecule has 3 rings (SSSR count). The molecule has 1 atom stereocenters. The van der Waals surface area contributed by atoms with Gasteiger partial charge in [0.15, 0.2) is 0 Å². The second kappa shape index (κ2) is 5.13. The van der Waals surface area contributed by atoms with Crippen LogP contribution in [0.15, 0.2) is 6.07 Å². The van der Waals surface area contributed by atoms with Gasteiger partial charge in [0, 0.05) is 17.5 Å². The Bertz CT molecular complexity index is 641.